The van der Waals surface area contributed by atoms with Gasteiger partial charge in [0.05, 0.1) is 12.0 Å². The lowest BCUT2D eigenvalue weighted by molar-refractivity contribution is 0.413. The van der Waals surface area contributed by atoms with E-state index in [1.807, 2.05) is 0 Å². The highest BCUT2D eigenvalue weighted by atomic mass is 79.9. The summed E-state index contributed by atoms with van der Waals surface area (Å²) in [6, 6.07) is 4.79. The molecule has 0 aromatic heterocycles. The first-order valence-electron chi connectivity index (χ1n) is 5.04. The number of hydrogen-bond donors (Lipinski definition) is 2. The molecule has 1 rings (SSSR count). The first-order valence-corrected chi connectivity index (χ1v) is 7.32. The van der Waals surface area contributed by atoms with Gasteiger partial charge in [0.15, 0.2) is 0 Å². The lowest BCUT2D eigenvalue weighted by atomic mass is 10.3. The summed E-state index contributed by atoms with van der Waals surface area (Å²) in [5, 5.41) is 0. The minimum absolute atomic E-state index is 0. The molecule has 0 radical (unpaired) electrons. The van der Waals surface area contributed by atoms with E-state index < -0.39 is 10.0 Å². The molecule has 0 aliphatic rings. The zero-order valence-electron chi connectivity index (χ0n) is 9.85. The van der Waals surface area contributed by atoms with Gasteiger partial charge >= 0.3 is 0 Å². The normalized spacial score (nSPS) is 10.8. The van der Waals surface area contributed by atoms with E-state index in [0.29, 0.717) is 29.7 Å². The van der Waals surface area contributed by atoms with Gasteiger partial charge in [-0.15, -0.1) is 12.4 Å². The molecule has 0 fully saturated rings. The topological polar surface area (TPSA) is 81.4 Å². The standard InChI is InChI=1S/C10H15BrN2O3S.ClH/c1-16-8-3-4-9(11)10(7-8)17(14,15)13-6-2-5-12;/h3-4,7,13H,2,5-6,12H2,1H3;1H. The van der Waals surface area contributed by atoms with Gasteiger partial charge in [0.25, 0.3) is 0 Å². The number of ether oxygens (including phenoxy) is 1. The van der Waals surface area contributed by atoms with Crippen LogP contribution in [0.1, 0.15) is 6.42 Å². The smallest absolute Gasteiger partial charge is 0.241 e. The minimum Gasteiger partial charge on any atom is -0.497 e. The number of benzene rings is 1. The van der Waals surface area contributed by atoms with Gasteiger partial charge in [0.1, 0.15) is 5.75 Å². The number of rotatable bonds is 6. The maximum Gasteiger partial charge on any atom is 0.241 e. The van der Waals surface area contributed by atoms with Crippen molar-refractivity contribution in [3.05, 3.63) is 22.7 Å². The van der Waals surface area contributed by atoms with E-state index in [4.69, 9.17) is 10.5 Å². The van der Waals surface area contributed by atoms with E-state index >= 15 is 0 Å². The van der Waals surface area contributed by atoms with Gasteiger partial charge < -0.3 is 10.5 Å². The second-order valence-electron chi connectivity index (χ2n) is 3.34. The van der Waals surface area contributed by atoms with Gasteiger partial charge in [-0.2, -0.15) is 0 Å². The van der Waals surface area contributed by atoms with Gasteiger partial charge in [-0.05, 0) is 41.0 Å². The first kappa shape index (κ1) is 17.7. The molecule has 0 bridgehead atoms. The zero-order chi connectivity index (χ0) is 12.9. The highest BCUT2D eigenvalue weighted by molar-refractivity contribution is 9.10. The van der Waals surface area contributed by atoms with Gasteiger partial charge in [0.2, 0.25) is 10.0 Å². The van der Waals surface area contributed by atoms with Gasteiger partial charge in [-0.25, -0.2) is 13.1 Å². The molecule has 0 spiro atoms. The fourth-order valence-electron chi connectivity index (χ4n) is 1.20. The van der Waals surface area contributed by atoms with Crippen LogP contribution in [0.3, 0.4) is 0 Å². The van der Waals surface area contributed by atoms with Crippen molar-refractivity contribution in [3.63, 3.8) is 0 Å². The van der Waals surface area contributed by atoms with Gasteiger partial charge in [-0.1, -0.05) is 0 Å². The lowest BCUT2D eigenvalue weighted by Crippen LogP contribution is -2.26. The summed E-state index contributed by atoms with van der Waals surface area (Å²) in [7, 11) is -2.04. The van der Waals surface area contributed by atoms with Crippen LogP contribution in [0.4, 0.5) is 0 Å². The van der Waals surface area contributed by atoms with Crippen LogP contribution in [0, 0.1) is 0 Å². The van der Waals surface area contributed by atoms with Crippen molar-refractivity contribution < 1.29 is 13.2 Å². The van der Waals surface area contributed by atoms with E-state index in [1.54, 1.807) is 12.1 Å². The molecule has 0 saturated heterocycles. The molecule has 0 amide bonds. The van der Waals surface area contributed by atoms with E-state index in [0.717, 1.165) is 0 Å². The van der Waals surface area contributed by atoms with Crippen LogP contribution in [0.2, 0.25) is 0 Å². The average molecular weight is 360 g/mol. The molecule has 1 aromatic rings. The molecule has 1 aromatic carbocycles. The molecule has 0 saturated carbocycles. The SMILES string of the molecule is COc1ccc(Br)c(S(=O)(=O)NCCCN)c1.Cl. The highest BCUT2D eigenvalue weighted by Gasteiger charge is 2.17. The Hall–Kier alpha value is -0.340. The molecule has 0 atom stereocenters. The van der Waals surface area contributed by atoms with Crippen molar-refractivity contribution in [2.24, 2.45) is 5.73 Å². The molecule has 104 valence electrons. The van der Waals surface area contributed by atoms with Crippen LogP contribution < -0.4 is 15.2 Å². The van der Waals surface area contributed by atoms with E-state index in [-0.39, 0.29) is 17.3 Å². The van der Waals surface area contributed by atoms with Crippen LogP contribution in [-0.2, 0) is 10.0 Å². The Morgan fingerprint density at radius 1 is 1.44 bits per heavy atom. The summed E-state index contributed by atoms with van der Waals surface area (Å²) in [5.41, 5.74) is 5.31. The molecule has 8 heteroatoms. The largest absolute Gasteiger partial charge is 0.497 e. The predicted octanol–water partition coefficient (Wildman–Crippen LogP) is 1.51. The number of nitrogens with two attached hydrogens (primary N) is 1. The third-order valence-electron chi connectivity index (χ3n) is 2.10. The monoisotopic (exact) mass is 358 g/mol. The van der Waals surface area contributed by atoms with E-state index in [1.165, 1.54) is 13.2 Å². The predicted molar refractivity (Wildman–Crippen MR) is 76.8 cm³/mol. The number of sulfonamides is 1. The summed E-state index contributed by atoms with van der Waals surface area (Å²) >= 11 is 3.21. The summed E-state index contributed by atoms with van der Waals surface area (Å²) in [5.74, 6) is 0.493. The fraction of sp³-hybridized carbons (Fsp3) is 0.400. The van der Waals surface area contributed by atoms with Crippen LogP contribution in [0.5, 0.6) is 5.75 Å². The zero-order valence-corrected chi connectivity index (χ0v) is 13.1. The Morgan fingerprint density at radius 3 is 2.67 bits per heavy atom. The maximum atomic E-state index is 12.0. The Morgan fingerprint density at radius 2 is 2.11 bits per heavy atom. The number of hydrogen-bond acceptors (Lipinski definition) is 4. The number of nitrogens with one attached hydrogen (secondary N) is 1. The second-order valence-corrected chi connectivity index (χ2v) is 5.93. The summed E-state index contributed by atoms with van der Waals surface area (Å²) in [6.07, 6.45) is 0.598. The number of halogens is 2. The molecule has 18 heavy (non-hydrogen) atoms. The summed E-state index contributed by atoms with van der Waals surface area (Å²) < 4.78 is 31.9. The first-order chi connectivity index (χ1) is 8.01. The van der Waals surface area contributed by atoms with Crippen molar-refractivity contribution in [1.29, 1.82) is 0 Å². The Kier molecular flexibility index (Phi) is 7.81. The fourth-order valence-corrected chi connectivity index (χ4v) is 3.25. The second kappa shape index (κ2) is 7.96. The third-order valence-corrected chi connectivity index (χ3v) is 4.56. The Balaban J connectivity index is 0.00000289. The lowest BCUT2D eigenvalue weighted by Gasteiger charge is -2.09. The van der Waals surface area contributed by atoms with Crippen LogP contribution in [0.15, 0.2) is 27.6 Å². The number of methoxy groups -OCH3 is 1. The van der Waals surface area contributed by atoms with Crippen LogP contribution in [-0.4, -0.2) is 28.6 Å². The summed E-state index contributed by atoms with van der Waals surface area (Å²) in [6.45, 7) is 0.768. The highest BCUT2D eigenvalue weighted by Crippen LogP contribution is 2.26. The molecule has 0 aliphatic carbocycles. The summed E-state index contributed by atoms with van der Waals surface area (Å²) in [4.78, 5) is 0.161. The minimum atomic E-state index is -3.53. The molecule has 0 heterocycles. The molecule has 0 unspecified atom stereocenters. The van der Waals surface area contributed by atoms with Gasteiger partial charge in [0, 0.05) is 17.1 Å². The van der Waals surface area contributed by atoms with E-state index in [9.17, 15) is 8.42 Å². The molecular formula is C10H16BrClN2O3S. The molecule has 0 aliphatic heterocycles. The average Bonchev–Trinajstić information content (AvgIpc) is 2.29. The van der Waals surface area contributed by atoms with E-state index in [2.05, 4.69) is 20.7 Å². The molecule has 3 N–H and O–H groups in total. The third kappa shape index (κ3) is 4.74. The van der Waals surface area contributed by atoms with Crippen LogP contribution >= 0.6 is 28.3 Å². The quantitative estimate of drug-likeness (QED) is 0.754. The Bertz CT molecular complexity index is 482. The van der Waals surface area contributed by atoms with Crippen molar-refractivity contribution in [1.82, 2.24) is 4.72 Å². The van der Waals surface area contributed by atoms with Crippen molar-refractivity contribution in [2.45, 2.75) is 11.3 Å². The van der Waals surface area contributed by atoms with Crippen molar-refractivity contribution in [3.8, 4) is 5.75 Å². The maximum absolute atomic E-state index is 12.0. The van der Waals surface area contributed by atoms with Crippen LogP contribution in [0.25, 0.3) is 0 Å². The Labute approximate surface area is 122 Å². The molecular weight excluding hydrogens is 344 g/mol. The van der Waals surface area contributed by atoms with Crippen molar-refractivity contribution in [2.75, 3.05) is 20.2 Å². The van der Waals surface area contributed by atoms with Crippen molar-refractivity contribution >= 4 is 38.4 Å². The molecule has 5 nitrogen and oxygen atoms in total. The van der Waals surface area contributed by atoms with Gasteiger partial charge in [-0.3, -0.25) is 0 Å².